The second-order valence-electron chi connectivity index (χ2n) is 6.82. The number of carbonyl (C=O) groups excluding carboxylic acids is 1. The molecule has 1 aliphatic heterocycles. The van der Waals surface area contributed by atoms with Crippen molar-refractivity contribution >= 4 is 22.8 Å². The Morgan fingerprint density at radius 2 is 1.90 bits per heavy atom. The SMILES string of the molecule is CCC(C)c1nc(N2CCN(C(C)(C)C)CC2)sc1C=O. The molecule has 2 heterocycles. The number of aldehydes is 1. The van der Waals surface area contributed by atoms with Crippen molar-refractivity contribution in [2.75, 3.05) is 31.1 Å². The molecule has 1 saturated heterocycles. The van der Waals surface area contributed by atoms with E-state index >= 15 is 0 Å². The fourth-order valence-electron chi connectivity index (χ4n) is 2.67. The van der Waals surface area contributed by atoms with Crippen LogP contribution in [0.3, 0.4) is 0 Å². The largest absolute Gasteiger partial charge is 0.346 e. The summed E-state index contributed by atoms with van der Waals surface area (Å²) in [6.07, 6.45) is 1.98. The van der Waals surface area contributed by atoms with E-state index < -0.39 is 0 Å². The number of thiazole rings is 1. The minimum absolute atomic E-state index is 0.227. The molecule has 1 atom stereocenters. The van der Waals surface area contributed by atoms with Crippen molar-refractivity contribution in [2.45, 2.75) is 52.5 Å². The Labute approximate surface area is 132 Å². The molecule has 1 unspecified atom stereocenters. The van der Waals surface area contributed by atoms with E-state index in [0.29, 0.717) is 5.92 Å². The van der Waals surface area contributed by atoms with Crippen molar-refractivity contribution in [1.29, 1.82) is 0 Å². The minimum atomic E-state index is 0.227. The molecule has 1 aliphatic rings. The molecule has 0 aliphatic carbocycles. The van der Waals surface area contributed by atoms with Gasteiger partial charge in [0.25, 0.3) is 0 Å². The van der Waals surface area contributed by atoms with Gasteiger partial charge in [-0.3, -0.25) is 9.69 Å². The lowest BCUT2D eigenvalue weighted by Gasteiger charge is -2.42. The first-order chi connectivity index (χ1) is 9.86. The van der Waals surface area contributed by atoms with Gasteiger partial charge in [0.2, 0.25) is 0 Å². The molecule has 0 spiro atoms. The summed E-state index contributed by atoms with van der Waals surface area (Å²) < 4.78 is 0. The summed E-state index contributed by atoms with van der Waals surface area (Å²) in [5.41, 5.74) is 1.20. The molecule has 118 valence electrons. The molecule has 4 nitrogen and oxygen atoms in total. The highest BCUT2D eigenvalue weighted by atomic mass is 32.1. The van der Waals surface area contributed by atoms with Gasteiger partial charge in [-0.25, -0.2) is 4.98 Å². The summed E-state index contributed by atoms with van der Waals surface area (Å²) in [5.74, 6) is 0.353. The maximum Gasteiger partial charge on any atom is 0.186 e. The number of carbonyl (C=O) groups is 1. The Bertz CT molecular complexity index is 484. The monoisotopic (exact) mass is 309 g/mol. The molecule has 1 aromatic heterocycles. The van der Waals surface area contributed by atoms with Crippen molar-refractivity contribution in [1.82, 2.24) is 9.88 Å². The normalized spacial score (nSPS) is 18.8. The van der Waals surface area contributed by atoms with Crippen LogP contribution in [0.15, 0.2) is 0 Å². The number of piperazine rings is 1. The van der Waals surface area contributed by atoms with Crippen LogP contribution in [-0.2, 0) is 0 Å². The smallest absolute Gasteiger partial charge is 0.186 e. The summed E-state index contributed by atoms with van der Waals surface area (Å²) >= 11 is 1.55. The summed E-state index contributed by atoms with van der Waals surface area (Å²) in [5, 5.41) is 1.01. The van der Waals surface area contributed by atoms with E-state index in [9.17, 15) is 4.79 Å². The topological polar surface area (TPSA) is 36.4 Å². The van der Waals surface area contributed by atoms with E-state index in [-0.39, 0.29) is 5.54 Å². The summed E-state index contributed by atoms with van der Waals surface area (Å²) in [4.78, 5) is 21.7. The molecule has 21 heavy (non-hydrogen) atoms. The predicted molar refractivity (Wildman–Crippen MR) is 89.7 cm³/mol. The molecule has 0 bridgehead atoms. The average molecular weight is 309 g/mol. The van der Waals surface area contributed by atoms with Crippen LogP contribution in [-0.4, -0.2) is 47.9 Å². The highest BCUT2D eigenvalue weighted by Crippen LogP contribution is 2.32. The first kappa shape index (κ1) is 16.4. The maximum absolute atomic E-state index is 11.3. The van der Waals surface area contributed by atoms with Crippen LogP contribution in [0.25, 0.3) is 0 Å². The van der Waals surface area contributed by atoms with Crippen molar-refractivity contribution in [3.8, 4) is 0 Å². The summed E-state index contributed by atoms with van der Waals surface area (Å²) in [6.45, 7) is 15.2. The van der Waals surface area contributed by atoms with E-state index in [0.717, 1.165) is 54.6 Å². The first-order valence-electron chi connectivity index (χ1n) is 7.82. The van der Waals surface area contributed by atoms with Crippen LogP contribution in [0, 0.1) is 0 Å². The van der Waals surface area contributed by atoms with Gasteiger partial charge in [0, 0.05) is 31.7 Å². The van der Waals surface area contributed by atoms with Crippen molar-refractivity contribution in [3.05, 3.63) is 10.6 Å². The zero-order valence-electron chi connectivity index (χ0n) is 13.8. The predicted octanol–water partition coefficient (Wildman–Crippen LogP) is 3.39. The molecule has 0 aromatic carbocycles. The van der Waals surface area contributed by atoms with Gasteiger partial charge in [0.1, 0.15) is 0 Å². The first-order valence-corrected chi connectivity index (χ1v) is 8.64. The van der Waals surface area contributed by atoms with Crippen molar-refractivity contribution in [2.24, 2.45) is 0 Å². The number of hydrogen-bond donors (Lipinski definition) is 0. The van der Waals surface area contributed by atoms with Gasteiger partial charge in [-0.05, 0) is 33.1 Å². The quantitative estimate of drug-likeness (QED) is 0.799. The third-order valence-corrected chi connectivity index (χ3v) is 5.41. The molecule has 5 heteroatoms. The van der Waals surface area contributed by atoms with Gasteiger partial charge in [-0.2, -0.15) is 0 Å². The zero-order valence-corrected chi connectivity index (χ0v) is 14.7. The van der Waals surface area contributed by atoms with E-state index in [4.69, 9.17) is 4.98 Å². The Morgan fingerprint density at radius 1 is 1.29 bits per heavy atom. The van der Waals surface area contributed by atoms with Crippen LogP contribution >= 0.6 is 11.3 Å². The zero-order chi connectivity index (χ0) is 15.6. The molecule has 0 N–H and O–H groups in total. The molecule has 0 amide bonds. The minimum Gasteiger partial charge on any atom is -0.346 e. The second-order valence-corrected chi connectivity index (χ2v) is 7.83. The average Bonchev–Trinajstić information content (AvgIpc) is 2.90. The van der Waals surface area contributed by atoms with Gasteiger partial charge in [0.05, 0.1) is 10.6 Å². The Balaban J connectivity index is 2.10. The van der Waals surface area contributed by atoms with Crippen molar-refractivity contribution < 1.29 is 4.79 Å². The lowest BCUT2D eigenvalue weighted by atomic mass is 10.0. The fourth-order valence-corrected chi connectivity index (χ4v) is 3.72. The molecular weight excluding hydrogens is 282 g/mol. The third-order valence-electron chi connectivity index (χ3n) is 4.35. The number of aromatic nitrogens is 1. The highest BCUT2D eigenvalue weighted by molar-refractivity contribution is 7.17. The van der Waals surface area contributed by atoms with Crippen molar-refractivity contribution in [3.63, 3.8) is 0 Å². The molecule has 1 fully saturated rings. The van der Waals surface area contributed by atoms with Crippen LogP contribution in [0.4, 0.5) is 5.13 Å². The summed E-state index contributed by atoms with van der Waals surface area (Å²) in [6, 6.07) is 0. The van der Waals surface area contributed by atoms with Gasteiger partial charge in [-0.15, -0.1) is 0 Å². The van der Waals surface area contributed by atoms with Crippen LogP contribution in [0.1, 0.15) is 62.3 Å². The number of anilines is 1. The van der Waals surface area contributed by atoms with Crippen LogP contribution < -0.4 is 4.90 Å². The number of hydrogen-bond acceptors (Lipinski definition) is 5. The fraction of sp³-hybridized carbons (Fsp3) is 0.750. The van der Waals surface area contributed by atoms with Gasteiger partial charge < -0.3 is 4.90 Å². The third kappa shape index (κ3) is 3.64. The second kappa shape index (κ2) is 6.44. The van der Waals surface area contributed by atoms with Gasteiger partial charge >= 0.3 is 0 Å². The molecule has 2 rings (SSSR count). The lowest BCUT2D eigenvalue weighted by molar-refractivity contribution is 0.112. The standard InChI is InChI=1S/C16H27N3OS/c1-6-12(2)14-13(11-20)21-15(17-14)18-7-9-19(10-8-18)16(3,4)5/h11-12H,6-10H2,1-5H3. The van der Waals surface area contributed by atoms with Gasteiger partial charge in [0.15, 0.2) is 11.4 Å². The van der Waals surface area contributed by atoms with Gasteiger partial charge in [-0.1, -0.05) is 25.2 Å². The number of nitrogens with zero attached hydrogens (tertiary/aromatic N) is 3. The lowest BCUT2D eigenvalue weighted by Crippen LogP contribution is -2.53. The summed E-state index contributed by atoms with van der Waals surface area (Å²) in [7, 11) is 0. The van der Waals surface area contributed by atoms with Crippen LogP contribution in [0.2, 0.25) is 0 Å². The molecule has 0 radical (unpaired) electrons. The Morgan fingerprint density at radius 3 is 2.38 bits per heavy atom. The molecular formula is C16H27N3OS. The Kier molecular flexibility index (Phi) is 5.04. The molecule has 1 aromatic rings. The molecule has 0 saturated carbocycles. The Hall–Kier alpha value is -0.940. The highest BCUT2D eigenvalue weighted by Gasteiger charge is 2.27. The van der Waals surface area contributed by atoms with E-state index in [2.05, 4.69) is 44.4 Å². The van der Waals surface area contributed by atoms with E-state index in [1.54, 1.807) is 11.3 Å². The van der Waals surface area contributed by atoms with Crippen LogP contribution in [0.5, 0.6) is 0 Å². The van der Waals surface area contributed by atoms with E-state index in [1.165, 1.54) is 0 Å². The maximum atomic E-state index is 11.3. The number of rotatable bonds is 4. The van der Waals surface area contributed by atoms with E-state index in [1.807, 2.05) is 0 Å².